The van der Waals surface area contributed by atoms with E-state index in [9.17, 15) is 4.79 Å². The van der Waals surface area contributed by atoms with Gasteiger partial charge in [-0.3, -0.25) is 10.3 Å². The third-order valence-electron chi connectivity index (χ3n) is 3.89. The molecule has 1 atom stereocenters. The Kier molecular flexibility index (Phi) is 7.83. The number of thiazole rings is 1. The van der Waals surface area contributed by atoms with E-state index in [1.807, 2.05) is 30.5 Å². The van der Waals surface area contributed by atoms with Crippen molar-refractivity contribution in [2.45, 2.75) is 26.0 Å². The van der Waals surface area contributed by atoms with E-state index in [4.69, 9.17) is 27.9 Å². The number of halogens is 2. The van der Waals surface area contributed by atoms with Crippen molar-refractivity contribution in [2.75, 3.05) is 11.9 Å². The summed E-state index contributed by atoms with van der Waals surface area (Å²) in [6.07, 6.45) is 2.23. The number of anilines is 1. The second-order valence-electron chi connectivity index (χ2n) is 6.14. The summed E-state index contributed by atoms with van der Waals surface area (Å²) in [6.45, 7) is 2.95. The van der Waals surface area contributed by atoms with E-state index < -0.39 is 0 Å². The van der Waals surface area contributed by atoms with Crippen LogP contribution in [0.1, 0.15) is 36.4 Å². The van der Waals surface area contributed by atoms with Gasteiger partial charge in [-0.1, -0.05) is 42.3 Å². The first-order valence-corrected chi connectivity index (χ1v) is 10.7. The number of pyridine rings is 1. The normalized spacial score (nSPS) is 11.8. The lowest BCUT2D eigenvalue weighted by Crippen LogP contribution is -2.28. The van der Waals surface area contributed by atoms with Gasteiger partial charge in [-0.05, 0) is 36.2 Å². The number of rotatable bonds is 8. The van der Waals surface area contributed by atoms with Crippen LogP contribution in [0.5, 0.6) is 0 Å². The monoisotopic (exact) mass is 450 g/mol. The first kappa shape index (κ1) is 21.5. The smallest absolute Gasteiger partial charge is 0.321 e. The lowest BCUT2D eigenvalue weighted by Gasteiger charge is -2.14. The van der Waals surface area contributed by atoms with Crippen LogP contribution in [0.2, 0.25) is 10.0 Å². The molecule has 2 heterocycles. The summed E-state index contributed by atoms with van der Waals surface area (Å²) in [7, 11) is 0. The molecule has 3 aromatic rings. The van der Waals surface area contributed by atoms with Crippen molar-refractivity contribution >= 4 is 45.7 Å². The molecule has 0 saturated carbocycles. The summed E-state index contributed by atoms with van der Waals surface area (Å²) in [6, 6.07) is 10.5. The molecule has 0 bridgehead atoms. The van der Waals surface area contributed by atoms with E-state index >= 15 is 0 Å². The van der Waals surface area contributed by atoms with Crippen molar-refractivity contribution in [1.82, 2.24) is 15.3 Å². The van der Waals surface area contributed by atoms with Gasteiger partial charge in [-0.2, -0.15) is 0 Å². The van der Waals surface area contributed by atoms with Gasteiger partial charge in [-0.15, -0.1) is 11.3 Å². The molecule has 1 aromatic carbocycles. The molecule has 0 aliphatic carbocycles. The zero-order valence-corrected chi connectivity index (χ0v) is 18.0. The highest BCUT2D eigenvalue weighted by Crippen LogP contribution is 2.28. The number of hydrogen-bond donors (Lipinski definition) is 2. The number of carbonyl (C=O) groups is 1. The minimum Gasteiger partial charge on any atom is -0.366 e. The molecule has 29 heavy (non-hydrogen) atoms. The number of carbonyl (C=O) groups excluding carboxylic acids is 1. The topological polar surface area (TPSA) is 76.1 Å². The molecule has 0 spiro atoms. The van der Waals surface area contributed by atoms with E-state index in [2.05, 4.69) is 20.6 Å². The zero-order valence-electron chi connectivity index (χ0n) is 15.7. The molecule has 1 unspecified atom stereocenters. The van der Waals surface area contributed by atoms with E-state index in [0.717, 1.165) is 17.7 Å². The van der Waals surface area contributed by atoms with Crippen LogP contribution in [0.4, 0.5) is 9.93 Å². The van der Waals surface area contributed by atoms with Crippen LogP contribution in [0.3, 0.4) is 0 Å². The largest absolute Gasteiger partial charge is 0.366 e. The maximum absolute atomic E-state index is 12.2. The molecule has 3 rings (SSSR count). The zero-order chi connectivity index (χ0) is 20.6. The van der Waals surface area contributed by atoms with Crippen LogP contribution in [-0.4, -0.2) is 22.6 Å². The molecular formula is C20H20Cl2N4O2S. The predicted octanol–water partition coefficient (Wildman–Crippen LogP) is 5.68. The average molecular weight is 451 g/mol. The van der Waals surface area contributed by atoms with Crippen molar-refractivity contribution in [3.63, 3.8) is 0 Å². The van der Waals surface area contributed by atoms with Crippen LogP contribution >= 0.6 is 34.5 Å². The van der Waals surface area contributed by atoms with E-state index in [1.54, 1.807) is 24.4 Å². The number of amides is 2. The molecule has 152 valence electrons. The molecule has 0 saturated heterocycles. The number of benzene rings is 1. The van der Waals surface area contributed by atoms with Gasteiger partial charge in [0, 0.05) is 24.7 Å². The van der Waals surface area contributed by atoms with Gasteiger partial charge in [0.1, 0.15) is 6.10 Å². The molecular weight excluding hydrogens is 431 g/mol. The fourth-order valence-electron chi connectivity index (χ4n) is 2.53. The Morgan fingerprint density at radius 2 is 2.07 bits per heavy atom. The third-order valence-corrected chi connectivity index (χ3v) is 5.41. The Morgan fingerprint density at radius 1 is 1.21 bits per heavy atom. The Hall–Kier alpha value is -2.19. The average Bonchev–Trinajstić information content (AvgIpc) is 3.18. The molecule has 0 aliphatic heterocycles. The maximum atomic E-state index is 12.2. The second kappa shape index (κ2) is 10.5. The van der Waals surface area contributed by atoms with Gasteiger partial charge in [0.25, 0.3) is 0 Å². The minimum atomic E-state index is -0.373. The van der Waals surface area contributed by atoms with Crippen molar-refractivity contribution < 1.29 is 9.53 Å². The number of hydrogen-bond acceptors (Lipinski definition) is 5. The Bertz CT molecular complexity index is 953. The lowest BCUT2D eigenvalue weighted by atomic mass is 10.2. The lowest BCUT2D eigenvalue weighted by molar-refractivity contribution is 0.0755. The van der Waals surface area contributed by atoms with Crippen molar-refractivity contribution in [1.29, 1.82) is 0 Å². The number of urea groups is 1. The van der Waals surface area contributed by atoms with Crippen LogP contribution in [0.25, 0.3) is 0 Å². The Morgan fingerprint density at radius 3 is 2.79 bits per heavy atom. The molecule has 2 aromatic heterocycles. The summed E-state index contributed by atoms with van der Waals surface area (Å²) >= 11 is 13.2. The summed E-state index contributed by atoms with van der Waals surface area (Å²) in [5.74, 6) is 0. The molecule has 0 aliphatic rings. The van der Waals surface area contributed by atoms with Crippen LogP contribution in [0.15, 0.2) is 48.0 Å². The van der Waals surface area contributed by atoms with Gasteiger partial charge in [0.2, 0.25) is 0 Å². The van der Waals surface area contributed by atoms with E-state index in [0.29, 0.717) is 34.0 Å². The van der Waals surface area contributed by atoms with Crippen LogP contribution < -0.4 is 10.6 Å². The van der Waals surface area contributed by atoms with Crippen molar-refractivity contribution in [2.24, 2.45) is 0 Å². The molecule has 6 nitrogen and oxygen atoms in total. The van der Waals surface area contributed by atoms with Crippen LogP contribution in [0, 0.1) is 0 Å². The summed E-state index contributed by atoms with van der Waals surface area (Å²) in [5, 5.41) is 8.78. The minimum absolute atomic E-state index is 0.317. The molecule has 9 heteroatoms. The first-order valence-electron chi connectivity index (χ1n) is 9.03. The number of nitrogens with zero attached hydrogens (tertiary/aromatic N) is 2. The SMILES string of the molecule is CCCOC(c1ccccn1)c1csc(NC(=O)NCc2ccc(Cl)c(Cl)c2)n1. The summed E-state index contributed by atoms with van der Waals surface area (Å²) in [4.78, 5) is 21.1. The number of nitrogens with one attached hydrogen (secondary N) is 2. The Balaban J connectivity index is 1.62. The Labute approximate surface area is 183 Å². The van der Waals surface area contributed by atoms with Crippen molar-refractivity contribution in [3.8, 4) is 0 Å². The van der Waals surface area contributed by atoms with Gasteiger partial charge in [0.15, 0.2) is 5.13 Å². The maximum Gasteiger partial charge on any atom is 0.321 e. The molecule has 0 radical (unpaired) electrons. The van der Waals surface area contributed by atoms with Crippen molar-refractivity contribution in [3.05, 3.63) is 75.0 Å². The highest BCUT2D eigenvalue weighted by molar-refractivity contribution is 7.13. The molecule has 2 N–H and O–H groups in total. The molecule has 0 fully saturated rings. The van der Waals surface area contributed by atoms with E-state index in [-0.39, 0.29) is 12.1 Å². The fraction of sp³-hybridized carbons (Fsp3) is 0.250. The second-order valence-corrected chi connectivity index (χ2v) is 7.81. The van der Waals surface area contributed by atoms with Gasteiger partial charge in [0.05, 0.1) is 21.4 Å². The third kappa shape index (κ3) is 6.14. The highest BCUT2D eigenvalue weighted by atomic mass is 35.5. The summed E-state index contributed by atoms with van der Waals surface area (Å²) < 4.78 is 5.94. The highest BCUT2D eigenvalue weighted by Gasteiger charge is 2.19. The van der Waals surface area contributed by atoms with Gasteiger partial charge >= 0.3 is 6.03 Å². The summed E-state index contributed by atoms with van der Waals surface area (Å²) in [5.41, 5.74) is 2.33. The first-order chi connectivity index (χ1) is 14.1. The fourth-order valence-corrected chi connectivity index (χ4v) is 3.57. The van der Waals surface area contributed by atoms with Gasteiger partial charge in [-0.25, -0.2) is 9.78 Å². The van der Waals surface area contributed by atoms with E-state index in [1.165, 1.54) is 11.3 Å². The number of ether oxygens (including phenoxy) is 1. The predicted molar refractivity (Wildman–Crippen MR) is 117 cm³/mol. The standard InChI is InChI=1S/C20H20Cl2N4O2S/c1-2-9-28-18(16-5-3-4-8-23-16)17-12-29-20(25-17)26-19(27)24-11-13-6-7-14(21)15(22)10-13/h3-8,10,12,18H,2,9,11H2,1H3,(H2,24,25,26,27). The van der Waals surface area contributed by atoms with Crippen LogP contribution in [-0.2, 0) is 11.3 Å². The van der Waals surface area contributed by atoms with Gasteiger partial charge < -0.3 is 10.1 Å². The quantitative estimate of drug-likeness (QED) is 0.462. The number of aromatic nitrogens is 2. The molecule has 2 amide bonds.